The van der Waals surface area contributed by atoms with E-state index in [2.05, 4.69) is 0 Å². The van der Waals surface area contributed by atoms with Crippen LogP contribution in [-0.2, 0) is 14.3 Å². The maximum atomic E-state index is 13.2. The molecular formula is C21H21NO3. The quantitative estimate of drug-likeness (QED) is 0.741. The third kappa shape index (κ3) is 1.30. The molecule has 3 aliphatic heterocycles. The van der Waals surface area contributed by atoms with Gasteiger partial charge in [-0.1, -0.05) is 18.2 Å². The van der Waals surface area contributed by atoms with Gasteiger partial charge in [0.05, 0.1) is 29.7 Å². The Hall–Kier alpha value is -1.68. The first kappa shape index (κ1) is 13.5. The van der Waals surface area contributed by atoms with E-state index in [9.17, 15) is 9.59 Å². The molecule has 0 aromatic heterocycles. The number of anilines is 1. The van der Waals surface area contributed by atoms with Gasteiger partial charge >= 0.3 is 0 Å². The van der Waals surface area contributed by atoms with Gasteiger partial charge in [-0.3, -0.25) is 9.59 Å². The van der Waals surface area contributed by atoms with Crippen LogP contribution in [0.25, 0.3) is 0 Å². The second kappa shape index (κ2) is 4.01. The van der Waals surface area contributed by atoms with Gasteiger partial charge < -0.3 is 4.74 Å². The number of amides is 2. The molecule has 0 unspecified atom stereocenters. The number of benzene rings is 1. The first-order valence-corrected chi connectivity index (χ1v) is 9.81. The summed E-state index contributed by atoms with van der Waals surface area (Å²) in [5.41, 5.74) is 1.30. The average molecular weight is 335 g/mol. The lowest BCUT2D eigenvalue weighted by Crippen LogP contribution is -2.43. The van der Waals surface area contributed by atoms with E-state index < -0.39 is 0 Å². The van der Waals surface area contributed by atoms with Crippen molar-refractivity contribution in [2.45, 2.75) is 37.9 Å². The molecule has 1 aromatic carbocycles. The van der Waals surface area contributed by atoms with Crippen molar-refractivity contribution in [3.05, 3.63) is 30.3 Å². The fourth-order valence-corrected chi connectivity index (χ4v) is 7.93. The van der Waals surface area contributed by atoms with E-state index in [0.717, 1.165) is 17.5 Å². The van der Waals surface area contributed by atoms with Crippen LogP contribution in [0.15, 0.2) is 30.3 Å². The molecule has 0 radical (unpaired) electrons. The Morgan fingerprint density at radius 3 is 1.96 bits per heavy atom. The minimum Gasteiger partial charge on any atom is -0.373 e. The molecule has 1 aromatic rings. The van der Waals surface area contributed by atoms with Gasteiger partial charge in [0.1, 0.15) is 0 Å². The van der Waals surface area contributed by atoms with Crippen LogP contribution in [0.3, 0.4) is 0 Å². The van der Waals surface area contributed by atoms with Gasteiger partial charge in [-0.25, -0.2) is 4.90 Å². The third-order valence-electron chi connectivity index (χ3n) is 8.66. The lowest BCUT2D eigenvalue weighted by molar-refractivity contribution is -0.125. The number of imide groups is 1. The average Bonchev–Trinajstić information content (AvgIpc) is 2.88. The van der Waals surface area contributed by atoms with Crippen molar-refractivity contribution in [3.8, 4) is 0 Å². The number of hydrogen-bond acceptors (Lipinski definition) is 3. The van der Waals surface area contributed by atoms with Gasteiger partial charge in [-0.15, -0.1) is 0 Å². The number of hydrogen-bond donors (Lipinski definition) is 0. The fraction of sp³-hybridized carbons (Fsp3) is 0.619. The van der Waals surface area contributed by atoms with Crippen LogP contribution in [0.1, 0.15) is 25.7 Å². The first-order valence-electron chi connectivity index (χ1n) is 9.81. The first-order chi connectivity index (χ1) is 12.2. The summed E-state index contributed by atoms with van der Waals surface area (Å²) in [6.07, 6.45) is 5.39. The highest BCUT2D eigenvalue weighted by Gasteiger charge is 2.79. The molecule has 3 saturated heterocycles. The molecular weight excluding hydrogens is 314 g/mol. The standard InChI is InChI=1S/C21H21NO3/c23-19-15-16(20(24)22(19)10-4-2-1-3-5-10)18-14-12-7-6-11(21(12)8-9-21)13(14)17(15)25-18/h1-5,11-18H,6-9H2/t11-,12-,13-,14+,15+,16-,17+,18-/m1/s1. The van der Waals surface area contributed by atoms with E-state index in [0.29, 0.717) is 17.3 Å². The highest BCUT2D eigenvalue weighted by Crippen LogP contribution is 2.79. The molecule has 2 amide bonds. The topological polar surface area (TPSA) is 46.6 Å². The molecule has 8 atom stereocenters. The molecule has 0 N–H and O–H groups in total. The zero-order valence-electron chi connectivity index (χ0n) is 14.0. The summed E-state index contributed by atoms with van der Waals surface area (Å²) in [6.45, 7) is 0. The third-order valence-corrected chi connectivity index (χ3v) is 8.66. The van der Waals surface area contributed by atoms with Gasteiger partial charge in [0.15, 0.2) is 0 Å². The van der Waals surface area contributed by atoms with Gasteiger partial charge in [0, 0.05) is 0 Å². The van der Waals surface area contributed by atoms with Crippen LogP contribution in [0, 0.1) is 40.9 Å². The fourth-order valence-electron chi connectivity index (χ4n) is 7.93. The van der Waals surface area contributed by atoms with Crippen molar-refractivity contribution < 1.29 is 14.3 Å². The van der Waals surface area contributed by atoms with Crippen LogP contribution in [0.4, 0.5) is 5.69 Å². The molecule has 3 saturated carbocycles. The van der Waals surface area contributed by atoms with Crippen LogP contribution >= 0.6 is 0 Å². The van der Waals surface area contributed by atoms with Crippen LogP contribution < -0.4 is 4.90 Å². The number of fused-ring (bicyclic) bond motifs is 10. The lowest BCUT2D eigenvalue weighted by Gasteiger charge is -2.35. The van der Waals surface area contributed by atoms with E-state index in [-0.39, 0.29) is 35.9 Å². The zero-order chi connectivity index (χ0) is 16.5. The van der Waals surface area contributed by atoms with Crippen molar-refractivity contribution in [3.63, 3.8) is 0 Å². The van der Waals surface area contributed by atoms with Crippen molar-refractivity contribution >= 4 is 17.5 Å². The summed E-state index contributed by atoms with van der Waals surface area (Å²) in [5, 5.41) is 0. The number of rotatable bonds is 1. The summed E-state index contributed by atoms with van der Waals surface area (Å²) in [6, 6.07) is 9.42. The number of carbonyl (C=O) groups excluding carboxylic acids is 2. The number of ether oxygens (including phenoxy) is 1. The number of para-hydroxylation sites is 1. The molecule has 6 aliphatic rings. The molecule has 7 rings (SSSR count). The van der Waals surface area contributed by atoms with E-state index in [4.69, 9.17) is 4.74 Å². The van der Waals surface area contributed by atoms with E-state index in [1.54, 1.807) is 0 Å². The Labute approximate surface area is 146 Å². The summed E-state index contributed by atoms with van der Waals surface area (Å²) in [4.78, 5) is 27.8. The largest absolute Gasteiger partial charge is 0.373 e. The van der Waals surface area contributed by atoms with Crippen molar-refractivity contribution in [2.75, 3.05) is 4.90 Å². The molecule has 3 heterocycles. The minimum absolute atomic E-state index is 0.00191. The molecule has 4 bridgehead atoms. The predicted molar refractivity (Wildman–Crippen MR) is 89.4 cm³/mol. The molecule has 3 aliphatic carbocycles. The van der Waals surface area contributed by atoms with Gasteiger partial charge in [-0.05, 0) is 66.9 Å². The highest BCUT2D eigenvalue weighted by molar-refractivity contribution is 6.22. The molecule has 1 spiro atoms. The number of carbonyl (C=O) groups is 2. The second-order valence-corrected chi connectivity index (χ2v) is 9.14. The highest BCUT2D eigenvalue weighted by atomic mass is 16.5. The Morgan fingerprint density at radius 2 is 1.44 bits per heavy atom. The smallest absolute Gasteiger partial charge is 0.240 e. The van der Waals surface area contributed by atoms with Crippen molar-refractivity contribution in [1.82, 2.24) is 0 Å². The minimum atomic E-state index is -0.228. The Morgan fingerprint density at radius 1 is 0.880 bits per heavy atom. The molecule has 4 nitrogen and oxygen atoms in total. The molecule has 4 heteroatoms. The summed E-state index contributed by atoms with van der Waals surface area (Å²) < 4.78 is 6.36. The van der Waals surface area contributed by atoms with Gasteiger partial charge in [0.2, 0.25) is 11.8 Å². The lowest BCUT2D eigenvalue weighted by atomic mass is 9.64. The van der Waals surface area contributed by atoms with E-state index in [1.807, 2.05) is 30.3 Å². The van der Waals surface area contributed by atoms with E-state index in [1.165, 1.54) is 30.6 Å². The van der Waals surface area contributed by atoms with Crippen LogP contribution in [0.2, 0.25) is 0 Å². The Kier molecular flexibility index (Phi) is 2.17. The maximum Gasteiger partial charge on any atom is 0.240 e. The Balaban J connectivity index is 1.31. The predicted octanol–water partition coefficient (Wildman–Crippen LogP) is 2.63. The van der Waals surface area contributed by atoms with Crippen molar-refractivity contribution in [1.29, 1.82) is 0 Å². The van der Waals surface area contributed by atoms with Gasteiger partial charge in [0.25, 0.3) is 0 Å². The van der Waals surface area contributed by atoms with Crippen LogP contribution in [-0.4, -0.2) is 24.0 Å². The molecule has 25 heavy (non-hydrogen) atoms. The molecule has 6 fully saturated rings. The Bertz CT molecular complexity index is 772. The normalized spacial score (nSPS) is 50.0. The monoisotopic (exact) mass is 335 g/mol. The van der Waals surface area contributed by atoms with E-state index >= 15 is 0 Å². The summed E-state index contributed by atoms with van der Waals surface area (Å²) >= 11 is 0. The van der Waals surface area contributed by atoms with Crippen LogP contribution in [0.5, 0.6) is 0 Å². The zero-order valence-corrected chi connectivity index (χ0v) is 14.0. The summed E-state index contributed by atoms with van der Waals surface area (Å²) in [7, 11) is 0. The maximum absolute atomic E-state index is 13.2. The SMILES string of the molecule is O=C1[C@@H]2[C@H]3O[C@@H]([C@@H]2C(=O)N1c1ccccc1)[C@@H]1[C@H]3[C@H]2CC[C@H]1C21CC1. The summed E-state index contributed by atoms with van der Waals surface area (Å²) in [5.74, 6) is 2.11. The van der Waals surface area contributed by atoms with Crippen molar-refractivity contribution in [2.24, 2.45) is 40.9 Å². The number of nitrogens with zero attached hydrogens (tertiary/aromatic N) is 1. The van der Waals surface area contributed by atoms with Gasteiger partial charge in [-0.2, -0.15) is 0 Å². The second-order valence-electron chi connectivity index (χ2n) is 9.14. The molecule has 128 valence electrons.